The zero-order valence-electron chi connectivity index (χ0n) is 19.0. The molecule has 8 nitrogen and oxygen atoms in total. The lowest BCUT2D eigenvalue weighted by Crippen LogP contribution is -2.16. The van der Waals surface area contributed by atoms with Crippen LogP contribution in [0.5, 0.6) is 11.5 Å². The van der Waals surface area contributed by atoms with Gasteiger partial charge in [-0.05, 0) is 35.9 Å². The number of fused-ring (bicyclic) bond motifs is 1. The molecule has 0 aliphatic heterocycles. The Morgan fingerprint density at radius 2 is 1.77 bits per heavy atom. The molecule has 176 valence electrons. The number of nitro benzene ring substituents is 1. The lowest BCUT2D eigenvalue weighted by molar-refractivity contribution is -0.384. The number of nitrogens with zero attached hydrogens (tertiary/aromatic N) is 3. The predicted octanol–water partition coefficient (Wildman–Crippen LogP) is 6.17. The van der Waals surface area contributed by atoms with Crippen LogP contribution in [0.4, 0.5) is 11.4 Å². The molecule has 0 fully saturated rings. The number of methoxy groups -OCH3 is 2. The Morgan fingerprint density at radius 1 is 1.00 bits per heavy atom. The molecule has 0 radical (unpaired) electrons. The van der Waals surface area contributed by atoms with E-state index in [9.17, 15) is 10.1 Å². The molecule has 9 heteroatoms. The van der Waals surface area contributed by atoms with Gasteiger partial charge in [-0.1, -0.05) is 36.4 Å². The maximum absolute atomic E-state index is 11.5. The van der Waals surface area contributed by atoms with Gasteiger partial charge in [0.2, 0.25) is 0 Å². The van der Waals surface area contributed by atoms with Crippen molar-refractivity contribution in [2.45, 2.75) is 6.54 Å². The van der Waals surface area contributed by atoms with E-state index in [2.05, 4.69) is 4.99 Å². The Hall–Kier alpha value is -4.37. The second-order valence-electron chi connectivity index (χ2n) is 7.69. The van der Waals surface area contributed by atoms with Crippen LogP contribution in [0.3, 0.4) is 0 Å². The van der Waals surface area contributed by atoms with Crippen molar-refractivity contribution in [3.8, 4) is 23.0 Å². The van der Waals surface area contributed by atoms with Gasteiger partial charge in [0.05, 0.1) is 31.4 Å². The fraction of sp³-hybridized carbons (Fsp3) is 0.115. The molecule has 0 aliphatic carbocycles. The molecule has 35 heavy (non-hydrogen) atoms. The SMILES string of the molecule is COc1ccc(Cn2c(-c3cc4ccccc4o3)csc2=Nc2ccccc2[N+](=O)[O-])cc1OC. The molecular weight excluding hydrogens is 466 g/mol. The van der Waals surface area contributed by atoms with Crippen LogP contribution < -0.4 is 14.3 Å². The normalized spacial score (nSPS) is 11.7. The van der Waals surface area contributed by atoms with Crippen molar-refractivity contribution in [2.75, 3.05) is 14.2 Å². The van der Waals surface area contributed by atoms with Crippen molar-refractivity contribution >= 4 is 33.7 Å². The van der Waals surface area contributed by atoms with Crippen LogP contribution in [0.25, 0.3) is 22.4 Å². The van der Waals surface area contributed by atoms with E-state index in [1.807, 2.05) is 58.5 Å². The minimum Gasteiger partial charge on any atom is -0.493 e. The molecule has 5 aromatic rings. The second kappa shape index (κ2) is 9.47. The largest absolute Gasteiger partial charge is 0.493 e. The first-order chi connectivity index (χ1) is 17.1. The predicted molar refractivity (Wildman–Crippen MR) is 134 cm³/mol. The zero-order chi connectivity index (χ0) is 24.4. The smallest absolute Gasteiger partial charge is 0.294 e. The van der Waals surface area contributed by atoms with Crippen LogP contribution in [0.1, 0.15) is 5.56 Å². The minimum absolute atomic E-state index is 0.0520. The van der Waals surface area contributed by atoms with Crippen LogP contribution in [0.2, 0.25) is 0 Å². The van der Waals surface area contributed by atoms with Gasteiger partial charge in [0.25, 0.3) is 5.69 Å². The molecule has 0 unspecified atom stereocenters. The lowest BCUT2D eigenvalue weighted by atomic mass is 10.2. The highest BCUT2D eigenvalue weighted by molar-refractivity contribution is 7.07. The summed E-state index contributed by atoms with van der Waals surface area (Å²) < 4.78 is 19.0. The first kappa shape index (κ1) is 22.4. The minimum atomic E-state index is -0.425. The average Bonchev–Trinajstić information content (AvgIpc) is 3.48. The molecule has 0 aliphatic rings. The average molecular weight is 488 g/mol. The fourth-order valence-electron chi connectivity index (χ4n) is 3.86. The van der Waals surface area contributed by atoms with Crippen LogP contribution in [-0.4, -0.2) is 23.7 Å². The molecule has 0 amide bonds. The van der Waals surface area contributed by atoms with E-state index in [0.717, 1.165) is 22.2 Å². The number of thiazole rings is 1. The van der Waals surface area contributed by atoms with E-state index >= 15 is 0 Å². The summed E-state index contributed by atoms with van der Waals surface area (Å²) in [6.45, 7) is 0.440. The van der Waals surface area contributed by atoms with E-state index in [0.29, 0.717) is 28.6 Å². The van der Waals surface area contributed by atoms with Crippen LogP contribution in [0, 0.1) is 10.1 Å². The molecule has 3 aromatic carbocycles. The van der Waals surface area contributed by atoms with E-state index in [1.165, 1.54) is 17.4 Å². The molecule has 0 bridgehead atoms. The van der Waals surface area contributed by atoms with E-state index in [-0.39, 0.29) is 11.4 Å². The van der Waals surface area contributed by atoms with E-state index < -0.39 is 4.92 Å². The third-order valence-corrected chi connectivity index (χ3v) is 6.42. The first-order valence-corrected chi connectivity index (χ1v) is 11.6. The van der Waals surface area contributed by atoms with Gasteiger partial charge in [-0.3, -0.25) is 10.1 Å². The summed E-state index contributed by atoms with van der Waals surface area (Å²) in [6, 6.07) is 21.9. The molecular formula is C26H21N3O5S. The molecule has 0 saturated heterocycles. The lowest BCUT2D eigenvalue weighted by Gasteiger charge is -2.12. The quantitative estimate of drug-likeness (QED) is 0.202. The number of aromatic nitrogens is 1. The fourth-order valence-corrected chi connectivity index (χ4v) is 4.76. The summed E-state index contributed by atoms with van der Waals surface area (Å²) in [5.41, 5.74) is 2.78. The van der Waals surface area contributed by atoms with Crippen molar-refractivity contribution < 1.29 is 18.8 Å². The number of para-hydroxylation sites is 3. The zero-order valence-corrected chi connectivity index (χ0v) is 19.8. The second-order valence-corrected chi connectivity index (χ2v) is 8.52. The Labute approximate surface area is 204 Å². The topological polar surface area (TPSA) is 92.0 Å². The standard InChI is InChI=1S/C26H21N3O5S/c1-32-23-12-11-17(13-25(23)33-2)15-28-21(24-14-18-7-3-6-10-22(18)34-24)16-35-26(28)27-19-8-4-5-9-20(19)29(30)31/h3-14,16H,15H2,1-2H3. The highest BCUT2D eigenvalue weighted by Crippen LogP contribution is 2.32. The summed E-state index contributed by atoms with van der Waals surface area (Å²) in [6.07, 6.45) is 0. The maximum atomic E-state index is 11.5. The van der Waals surface area contributed by atoms with Gasteiger partial charge in [-0.15, -0.1) is 11.3 Å². The molecule has 0 saturated carbocycles. The van der Waals surface area contributed by atoms with Crippen LogP contribution in [0.15, 0.2) is 87.6 Å². The number of rotatable bonds is 7. The number of furan rings is 1. The molecule has 0 atom stereocenters. The van der Waals surface area contributed by atoms with Gasteiger partial charge in [0.15, 0.2) is 22.1 Å². The number of benzene rings is 3. The molecule has 2 aromatic heterocycles. The van der Waals surface area contributed by atoms with Gasteiger partial charge >= 0.3 is 0 Å². The van der Waals surface area contributed by atoms with Crippen LogP contribution in [-0.2, 0) is 6.54 Å². The van der Waals surface area contributed by atoms with Gasteiger partial charge in [0.1, 0.15) is 11.3 Å². The maximum Gasteiger partial charge on any atom is 0.294 e. The Kier molecular flexibility index (Phi) is 6.07. The summed E-state index contributed by atoms with van der Waals surface area (Å²) in [4.78, 5) is 16.4. The van der Waals surface area contributed by atoms with E-state index in [1.54, 1.807) is 32.4 Å². The summed E-state index contributed by atoms with van der Waals surface area (Å²) in [5, 5.41) is 14.5. The molecule has 2 heterocycles. The number of ether oxygens (including phenoxy) is 2. The highest BCUT2D eigenvalue weighted by atomic mass is 32.1. The molecule has 0 spiro atoms. The number of hydrogen-bond donors (Lipinski definition) is 0. The summed E-state index contributed by atoms with van der Waals surface area (Å²) in [5.74, 6) is 1.93. The third kappa shape index (κ3) is 4.41. The number of hydrogen-bond acceptors (Lipinski definition) is 7. The highest BCUT2D eigenvalue weighted by Gasteiger charge is 2.17. The third-order valence-electron chi connectivity index (χ3n) is 5.56. The van der Waals surface area contributed by atoms with Crippen molar-refractivity contribution in [1.29, 1.82) is 0 Å². The first-order valence-electron chi connectivity index (χ1n) is 10.7. The molecule has 0 N–H and O–H groups in total. The van der Waals surface area contributed by atoms with Gasteiger partial charge in [0, 0.05) is 16.8 Å². The Bertz CT molecular complexity index is 1570. The Balaban J connectivity index is 1.68. The van der Waals surface area contributed by atoms with Crippen molar-refractivity contribution in [3.63, 3.8) is 0 Å². The van der Waals surface area contributed by atoms with E-state index in [4.69, 9.17) is 13.9 Å². The van der Waals surface area contributed by atoms with Crippen molar-refractivity contribution in [3.05, 3.63) is 98.7 Å². The summed E-state index contributed by atoms with van der Waals surface area (Å²) >= 11 is 1.39. The van der Waals surface area contributed by atoms with Gasteiger partial charge in [-0.25, -0.2) is 4.99 Å². The molecule has 5 rings (SSSR count). The summed E-state index contributed by atoms with van der Waals surface area (Å²) in [7, 11) is 3.18. The van der Waals surface area contributed by atoms with Crippen LogP contribution >= 0.6 is 11.3 Å². The Morgan fingerprint density at radius 3 is 2.54 bits per heavy atom. The van der Waals surface area contributed by atoms with Crippen molar-refractivity contribution in [1.82, 2.24) is 4.57 Å². The van der Waals surface area contributed by atoms with Crippen molar-refractivity contribution in [2.24, 2.45) is 4.99 Å². The monoisotopic (exact) mass is 487 g/mol. The van der Waals surface area contributed by atoms with Gasteiger partial charge < -0.3 is 18.5 Å². The number of nitro groups is 1. The van der Waals surface area contributed by atoms with Gasteiger partial charge in [-0.2, -0.15) is 0 Å².